The van der Waals surface area contributed by atoms with Gasteiger partial charge in [-0.25, -0.2) is 0 Å². The first-order valence-electron chi connectivity index (χ1n) is 5.68. The molecule has 5 nitrogen and oxygen atoms in total. The molecule has 0 bridgehead atoms. The Morgan fingerprint density at radius 1 is 1.32 bits per heavy atom. The molecular weight excluding hydrogens is 357 g/mol. The second kappa shape index (κ2) is 5.96. The van der Waals surface area contributed by atoms with Gasteiger partial charge in [0.25, 0.3) is 5.69 Å². The zero-order chi connectivity index (χ0) is 13.8. The summed E-state index contributed by atoms with van der Waals surface area (Å²) in [5, 5.41) is 14.0. The van der Waals surface area contributed by atoms with Crippen LogP contribution in [-0.2, 0) is 0 Å². The SMILES string of the molecule is CC(Nc1ccc([N+](=O)[O-])cc1I)c1ccncc1. The zero-order valence-electron chi connectivity index (χ0n) is 10.2. The lowest BCUT2D eigenvalue weighted by Gasteiger charge is -2.16. The molecule has 0 aliphatic carbocycles. The summed E-state index contributed by atoms with van der Waals surface area (Å²) in [4.78, 5) is 14.3. The van der Waals surface area contributed by atoms with Gasteiger partial charge in [-0.2, -0.15) is 0 Å². The molecule has 1 aromatic carbocycles. The van der Waals surface area contributed by atoms with E-state index >= 15 is 0 Å². The van der Waals surface area contributed by atoms with Gasteiger partial charge in [-0.15, -0.1) is 0 Å². The Morgan fingerprint density at radius 2 is 2.00 bits per heavy atom. The Balaban J connectivity index is 2.18. The minimum absolute atomic E-state index is 0.103. The monoisotopic (exact) mass is 369 g/mol. The molecule has 98 valence electrons. The minimum atomic E-state index is -0.391. The van der Waals surface area contributed by atoms with E-state index in [-0.39, 0.29) is 11.7 Å². The van der Waals surface area contributed by atoms with Gasteiger partial charge in [-0.05, 0) is 53.3 Å². The number of nitro benzene ring substituents is 1. The lowest BCUT2D eigenvalue weighted by atomic mass is 10.1. The van der Waals surface area contributed by atoms with Gasteiger partial charge in [-0.3, -0.25) is 15.1 Å². The summed E-state index contributed by atoms with van der Waals surface area (Å²) in [6.45, 7) is 2.03. The van der Waals surface area contributed by atoms with Crippen LogP contribution in [-0.4, -0.2) is 9.91 Å². The summed E-state index contributed by atoms with van der Waals surface area (Å²) in [6, 6.07) is 8.79. The molecule has 0 saturated carbocycles. The Hall–Kier alpha value is -1.70. The molecule has 0 fully saturated rings. The molecule has 0 saturated heterocycles. The van der Waals surface area contributed by atoms with Crippen molar-refractivity contribution >= 4 is 34.0 Å². The van der Waals surface area contributed by atoms with Gasteiger partial charge in [0.15, 0.2) is 0 Å². The average Bonchev–Trinajstić information content (AvgIpc) is 2.41. The summed E-state index contributed by atoms with van der Waals surface area (Å²) in [5.41, 5.74) is 2.10. The number of non-ortho nitro benzene ring substituents is 1. The minimum Gasteiger partial charge on any atom is -0.378 e. The highest BCUT2D eigenvalue weighted by molar-refractivity contribution is 14.1. The van der Waals surface area contributed by atoms with E-state index in [1.807, 2.05) is 19.1 Å². The first-order chi connectivity index (χ1) is 9.08. The number of rotatable bonds is 4. The molecule has 6 heteroatoms. The van der Waals surface area contributed by atoms with E-state index in [2.05, 4.69) is 32.9 Å². The van der Waals surface area contributed by atoms with Crippen LogP contribution in [0, 0.1) is 13.7 Å². The number of benzene rings is 1. The molecule has 0 aliphatic rings. The third kappa shape index (κ3) is 3.40. The Bertz CT molecular complexity index is 590. The van der Waals surface area contributed by atoms with Crippen molar-refractivity contribution in [2.24, 2.45) is 0 Å². The van der Waals surface area contributed by atoms with Crippen molar-refractivity contribution in [1.29, 1.82) is 0 Å². The summed E-state index contributed by atoms with van der Waals surface area (Å²) >= 11 is 2.09. The van der Waals surface area contributed by atoms with E-state index in [0.29, 0.717) is 0 Å². The van der Waals surface area contributed by atoms with Crippen molar-refractivity contribution in [1.82, 2.24) is 4.98 Å². The lowest BCUT2D eigenvalue weighted by molar-refractivity contribution is -0.384. The predicted octanol–water partition coefficient (Wildman–Crippen LogP) is 3.77. The first-order valence-corrected chi connectivity index (χ1v) is 6.76. The van der Waals surface area contributed by atoms with Gasteiger partial charge in [0.2, 0.25) is 0 Å². The normalized spacial score (nSPS) is 11.9. The topological polar surface area (TPSA) is 68.1 Å². The van der Waals surface area contributed by atoms with Crippen molar-refractivity contribution in [3.63, 3.8) is 0 Å². The third-order valence-corrected chi connectivity index (χ3v) is 3.63. The summed E-state index contributed by atoms with van der Waals surface area (Å²) < 4.78 is 0.827. The number of nitro groups is 1. The quantitative estimate of drug-likeness (QED) is 0.506. The molecule has 1 unspecified atom stereocenters. The fraction of sp³-hybridized carbons (Fsp3) is 0.154. The molecule has 1 heterocycles. The smallest absolute Gasteiger partial charge is 0.270 e. The van der Waals surface area contributed by atoms with Gasteiger partial charge in [0, 0.05) is 39.8 Å². The van der Waals surface area contributed by atoms with Gasteiger partial charge >= 0.3 is 0 Å². The fourth-order valence-electron chi connectivity index (χ4n) is 1.70. The Kier molecular flexibility index (Phi) is 4.31. The second-order valence-electron chi connectivity index (χ2n) is 4.07. The van der Waals surface area contributed by atoms with Crippen LogP contribution in [0.25, 0.3) is 0 Å². The van der Waals surface area contributed by atoms with E-state index < -0.39 is 4.92 Å². The molecule has 1 atom stereocenters. The summed E-state index contributed by atoms with van der Waals surface area (Å²) in [5.74, 6) is 0. The molecule has 19 heavy (non-hydrogen) atoms. The molecule has 0 radical (unpaired) electrons. The number of halogens is 1. The Morgan fingerprint density at radius 3 is 2.58 bits per heavy atom. The van der Waals surface area contributed by atoms with Gasteiger partial charge in [0.05, 0.1) is 4.92 Å². The van der Waals surface area contributed by atoms with Crippen LogP contribution >= 0.6 is 22.6 Å². The number of hydrogen-bond donors (Lipinski definition) is 1. The maximum atomic E-state index is 10.7. The van der Waals surface area contributed by atoms with Crippen molar-refractivity contribution < 1.29 is 4.92 Å². The molecule has 2 rings (SSSR count). The van der Waals surface area contributed by atoms with Crippen LogP contribution in [0.4, 0.5) is 11.4 Å². The number of anilines is 1. The van der Waals surface area contributed by atoms with E-state index in [0.717, 1.165) is 14.8 Å². The number of nitrogens with one attached hydrogen (secondary N) is 1. The van der Waals surface area contributed by atoms with Gasteiger partial charge in [0.1, 0.15) is 0 Å². The highest BCUT2D eigenvalue weighted by Crippen LogP contribution is 2.27. The number of pyridine rings is 1. The van der Waals surface area contributed by atoms with Crippen LogP contribution in [0.5, 0.6) is 0 Å². The van der Waals surface area contributed by atoms with Crippen LogP contribution in [0.15, 0.2) is 42.7 Å². The van der Waals surface area contributed by atoms with Crippen LogP contribution in [0.3, 0.4) is 0 Å². The maximum absolute atomic E-state index is 10.7. The molecule has 2 aromatic rings. The highest BCUT2D eigenvalue weighted by atomic mass is 127. The fourth-order valence-corrected chi connectivity index (χ4v) is 2.36. The van der Waals surface area contributed by atoms with E-state index in [1.165, 1.54) is 6.07 Å². The molecular formula is C13H12IN3O2. The Labute approximate surface area is 124 Å². The summed E-state index contributed by atoms with van der Waals surface area (Å²) in [6.07, 6.45) is 3.49. The molecule has 0 aliphatic heterocycles. The standard InChI is InChI=1S/C13H12IN3O2/c1-9(10-4-6-15-7-5-10)16-13-3-2-11(17(18)19)8-12(13)14/h2-9,16H,1H3. The lowest BCUT2D eigenvalue weighted by Crippen LogP contribution is -2.07. The molecule has 0 spiro atoms. The van der Waals surface area contributed by atoms with Gasteiger partial charge < -0.3 is 5.32 Å². The van der Waals surface area contributed by atoms with Crippen molar-refractivity contribution in [2.45, 2.75) is 13.0 Å². The number of aromatic nitrogens is 1. The van der Waals surface area contributed by atoms with E-state index in [4.69, 9.17) is 0 Å². The molecule has 0 amide bonds. The average molecular weight is 369 g/mol. The van der Waals surface area contributed by atoms with Crippen LogP contribution in [0.1, 0.15) is 18.5 Å². The maximum Gasteiger partial charge on any atom is 0.270 e. The number of hydrogen-bond acceptors (Lipinski definition) is 4. The van der Waals surface area contributed by atoms with Gasteiger partial charge in [-0.1, -0.05) is 0 Å². The van der Waals surface area contributed by atoms with Crippen LogP contribution in [0.2, 0.25) is 0 Å². The second-order valence-corrected chi connectivity index (χ2v) is 5.23. The summed E-state index contributed by atoms with van der Waals surface area (Å²) in [7, 11) is 0. The first kappa shape index (κ1) is 13.7. The number of nitrogens with zero attached hydrogens (tertiary/aromatic N) is 2. The van der Waals surface area contributed by atoms with Crippen molar-refractivity contribution in [3.8, 4) is 0 Å². The van der Waals surface area contributed by atoms with Crippen LogP contribution < -0.4 is 5.32 Å². The largest absolute Gasteiger partial charge is 0.378 e. The molecule has 1 aromatic heterocycles. The van der Waals surface area contributed by atoms with E-state index in [9.17, 15) is 10.1 Å². The zero-order valence-corrected chi connectivity index (χ0v) is 12.4. The highest BCUT2D eigenvalue weighted by Gasteiger charge is 2.11. The molecule has 1 N–H and O–H groups in total. The van der Waals surface area contributed by atoms with Crippen molar-refractivity contribution in [3.05, 3.63) is 62.0 Å². The van der Waals surface area contributed by atoms with Crippen molar-refractivity contribution in [2.75, 3.05) is 5.32 Å². The third-order valence-electron chi connectivity index (χ3n) is 2.74. The predicted molar refractivity (Wildman–Crippen MR) is 82.1 cm³/mol. The van der Waals surface area contributed by atoms with E-state index in [1.54, 1.807) is 24.5 Å².